The number of amides is 2. The number of aromatic nitrogens is 1. The lowest BCUT2D eigenvalue weighted by atomic mass is 9.99. The molecule has 1 fully saturated rings. The molecule has 1 aliphatic heterocycles. The second kappa shape index (κ2) is 7.91. The molecule has 0 radical (unpaired) electrons. The predicted octanol–water partition coefficient (Wildman–Crippen LogP) is 3.32. The van der Waals surface area contributed by atoms with Gasteiger partial charge in [0, 0.05) is 18.5 Å². The van der Waals surface area contributed by atoms with Crippen molar-refractivity contribution in [1.82, 2.24) is 9.88 Å². The summed E-state index contributed by atoms with van der Waals surface area (Å²) in [5, 5.41) is 0. The van der Waals surface area contributed by atoms with E-state index >= 15 is 0 Å². The van der Waals surface area contributed by atoms with Crippen LogP contribution in [0.15, 0.2) is 24.4 Å². The van der Waals surface area contributed by atoms with Crippen LogP contribution < -0.4 is 0 Å². The zero-order valence-corrected chi connectivity index (χ0v) is 12.8. The standard InChI is InChI=1S/C17H24N2O2/c1-2-3-4-5-6-9-14-12-16(20)19(17(14)21)13-15-10-7-8-11-18-15/h7-8,10-11,14H,2-6,9,12-13H2,1H3. The van der Waals surface area contributed by atoms with Gasteiger partial charge in [-0.25, -0.2) is 0 Å². The van der Waals surface area contributed by atoms with E-state index in [1.807, 2.05) is 18.2 Å². The first-order valence-electron chi connectivity index (χ1n) is 7.96. The van der Waals surface area contributed by atoms with Gasteiger partial charge in [0.15, 0.2) is 0 Å². The van der Waals surface area contributed by atoms with Crippen molar-refractivity contribution in [2.45, 2.75) is 58.4 Å². The molecule has 0 spiro atoms. The monoisotopic (exact) mass is 288 g/mol. The number of carbonyl (C=O) groups is 2. The SMILES string of the molecule is CCCCCCCC1CC(=O)N(Cc2ccccn2)C1=O. The molecule has 1 aromatic rings. The maximum absolute atomic E-state index is 12.3. The number of hydrogen-bond acceptors (Lipinski definition) is 3. The topological polar surface area (TPSA) is 50.3 Å². The maximum Gasteiger partial charge on any atom is 0.233 e. The molecular weight excluding hydrogens is 264 g/mol. The van der Waals surface area contributed by atoms with Gasteiger partial charge in [0.2, 0.25) is 11.8 Å². The van der Waals surface area contributed by atoms with Crippen molar-refractivity contribution < 1.29 is 9.59 Å². The molecular formula is C17H24N2O2. The molecule has 1 aliphatic rings. The molecule has 4 nitrogen and oxygen atoms in total. The number of likely N-dealkylation sites (tertiary alicyclic amines) is 1. The number of nitrogens with zero attached hydrogens (tertiary/aromatic N) is 2. The molecule has 2 heterocycles. The van der Waals surface area contributed by atoms with Gasteiger partial charge in [0.1, 0.15) is 0 Å². The van der Waals surface area contributed by atoms with Gasteiger partial charge in [0.05, 0.1) is 12.2 Å². The molecule has 0 saturated carbocycles. The minimum Gasteiger partial charge on any atom is -0.276 e. The third kappa shape index (κ3) is 4.38. The summed E-state index contributed by atoms with van der Waals surface area (Å²) in [6.07, 6.45) is 8.80. The van der Waals surface area contributed by atoms with Crippen LogP contribution >= 0.6 is 0 Å². The van der Waals surface area contributed by atoms with Crippen LogP contribution in [0.25, 0.3) is 0 Å². The molecule has 0 aliphatic carbocycles. The van der Waals surface area contributed by atoms with Crippen LogP contribution in [0.1, 0.15) is 57.6 Å². The van der Waals surface area contributed by atoms with E-state index in [1.165, 1.54) is 24.2 Å². The number of imide groups is 1. The van der Waals surface area contributed by atoms with Gasteiger partial charge in [-0.15, -0.1) is 0 Å². The highest BCUT2D eigenvalue weighted by molar-refractivity contribution is 6.03. The lowest BCUT2D eigenvalue weighted by Gasteiger charge is -2.14. The lowest BCUT2D eigenvalue weighted by Crippen LogP contribution is -2.30. The third-order valence-electron chi connectivity index (χ3n) is 4.04. The van der Waals surface area contributed by atoms with Gasteiger partial charge in [-0.05, 0) is 18.6 Å². The molecule has 1 unspecified atom stereocenters. The fourth-order valence-corrected chi connectivity index (χ4v) is 2.79. The summed E-state index contributed by atoms with van der Waals surface area (Å²) in [6.45, 7) is 2.50. The number of unbranched alkanes of at least 4 members (excludes halogenated alkanes) is 4. The van der Waals surface area contributed by atoms with Crippen molar-refractivity contribution in [2.24, 2.45) is 5.92 Å². The van der Waals surface area contributed by atoms with Crippen LogP contribution in [0.5, 0.6) is 0 Å². The Bertz CT molecular complexity index is 473. The van der Waals surface area contributed by atoms with E-state index in [0.29, 0.717) is 13.0 Å². The van der Waals surface area contributed by atoms with E-state index in [2.05, 4.69) is 11.9 Å². The summed E-state index contributed by atoms with van der Waals surface area (Å²) in [6, 6.07) is 5.55. The lowest BCUT2D eigenvalue weighted by molar-refractivity contribution is -0.140. The fourth-order valence-electron chi connectivity index (χ4n) is 2.79. The van der Waals surface area contributed by atoms with Crippen LogP contribution in [0, 0.1) is 5.92 Å². The summed E-state index contributed by atoms with van der Waals surface area (Å²) in [5.41, 5.74) is 0.766. The van der Waals surface area contributed by atoms with E-state index in [0.717, 1.165) is 25.0 Å². The van der Waals surface area contributed by atoms with Gasteiger partial charge in [-0.3, -0.25) is 19.5 Å². The normalized spacial score (nSPS) is 18.5. The van der Waals surface area contributed by atoms with Crippen molar-refractivity contribution in [3.8, 4) is 0 Å². The predicted molar refractivity (Wildman–Crippen MR) is 81.3 cm³/mol. The molecule has 2 rings (SSSR count). The van der Waals surface area contributed by atoms with E-state index in [-0.39, 0.29) is 17.7 Å². The molecule has 0 aromatic carbocycles. The molecule has 1 aromatic heterocycles. The Labute approximate surface area is 126 Å². The smallest absolute Gasteiger partial charge is 0.233 e. The first kappa shape index (κ1) is 15.7. The summed E-state index contributed by atoms with van der Waals surface area (Å²) >= 11 is 0. The van der Waals surface area contributed by atoms with Crippen LogP contribution in [-0.4, -0.2) is 21.7 Å². The highest BCUT2D eigenvalue weighted by Crippen LogP contribution is 2.26. The Morgan fingerprint density at radius 2 is 2.00 bits per heavy atom. The number of pyridine rings is 1. The van der Waals surface area contributed by atoms with Crippen LogP contribution in [-0.2, 0) is 16.1 Å². The van der Waals surface area contributed by atoms with Crippen LogP contribution in [0.2, 0.25) is 0 Å². The Kier molecular flexibility index (Phi) is 5.90. The fraction of sp³-hybridized carbons (Fsp3) is 0.588. The van der Waals surface area contributed by atoms with Crippen molar-refractivity contribution >= 4 is 11.8 Å². The molecule has 21 heavy (non-hydrogen) atoms. The molecule has 4 heteroatoms. The molecule has 0 N–H and O–H groups in total. The summed E-state index contributed by atoms with van der Waals surface area (Å²) in [5.74, 6) is -0.173. The average molecular weight is 288 g/mol. The molecule has 1 atom stereocenters. The Balaban J connectivity index is 1.82. The Morgan fingerprint density at radius 3 is 2.71 bits per heavy atom. The van der Waals surface area contributed by atoms with Crippen molar-refractivity contribution in [1.29, 1.82) is 0 Å². The maximum atomic E-state index is 12.3. The van der Waals surface area contributed by atoms with Crippen LogP contribution in [0.3, 0.4) is 0 Å². The van der Waals surface area contributed by atoms with Crippen molar-refractivity contribution in [3.05, 3.63) is 30.1 Å². The quantitative estimate of drug-likeness (QED) is 0.544. The van der Waals surface area contributed by atoms with Crippen LogP contribution in [0.4, 0.5) is 0 Å². The molecule has 0 bridgehead atoms. The number of rotatable bonds is 8. The van der Waals surface area contributed by atoms with Gasteiger partial charge in [0.25, 0.3) is 0 Å². The second-order valence-corrected chi connectivity index (χ2v) is 5.74. The average Bonchev–Trinajstić information content (AvgIpc) is 2.76. The highest BCUT2D eigenvalue weighted by Gasteiger charge is 2.37. The van der Waals surface area contributed by atoms with E-state index in [4.69, 9.17) is 0 Å². The molecule has 114 valence electrons. The third-order valence-corrected chi connectivity index (χ3v) is 4.04. The largest absolute Gasteiger partial charge is 0.276 e. The number of carbonyl (C=O) groups excluding carboxylic acids is 2. The zero-order chi connectivity index (χ0) is 15.1. The van der Waals surface area contributed by atoms with Crippen molar-refractivity contribution in [3.63, 3.8) is 0 Å². The van der Waals surface area contributed by atoms with E-state index in [9.17, 15) is 9.59 Å². The summed E-state index contributed by atoms with van der Waals surface area (Å²) < 4.78 is 0. The summed E-state index contributed by atoms with van der Waals surface area (Å²) in [7, 11) is 0. The highest BCUT2D eigenvalue weighted by atomic mass is 16.2. The minimum atomic E-state index is -0.108. The Morgan fingerprint density at radius 1 is 1.19 bits per heavy atom. The molecule has 1 saturated heterocycles. The van der Waals surface area contributed by atoms with E-state index in [1.54, 1.807) is 6.20 Å². The first-order chi connectivity index (χ1) is 10.2. The minimum absolute atomic E-state index is 0.0128. The second-order valence-electron chi connectivity index (χ2n) is 5.74. The van der Waals surface area contributed by atoms with Gasteiger partial charge in [-0.2, -0.15) is 0 Å². The number of hydrogen-bond donors (Lipinski definition) is 0. The van der Waals surface area contributed by atoms with Crippen molar-refractivity contribution in [2.75, 3.05) is 0 Å². The zero-order valence-electron chi connectivity index (χ0n) is 12.8. The first-order valence-corrected chi connectivity index (χ1v) is 7.96. The molecule has 2 amide bonds. The Hall–Kier alpha value is -1.71. The van der Waals surface area contributed by atoms with Gasteiger partial charge in [-0.1, -0.05) is 45.1 Å². The van der Waals surface area contributed by atoms with Gasteiger partial charge >= 0.3 is 0 Å². The summed E-state index contributed by atoms with van der Waals surface area (Å²) in [4.78, 5) is 29.9. The van der Waals surface area contributed by atoms with E-state index < -0.39 is 0 Å². The van der Waals surface area contributed by atoms with Gasteiger partial charge < -0.3 is 0 Å².